The number of hydrogen-bond donors (Lipinski definition) is 4. The van der Waals surface area contributed by atoms with Crippen LogP contribution >= 0.6 is 0 Å². The van der Waals surface area contributed by atoms with E-state index in [-0.39, 0.29) is 24.9 Å². The number of aliphatic hydroxyl groups is 1. The van der Waals surface area contributed by atoms with Crippen molar-refractivity contribution in [1.82, 2.24) is 10.6 Å². The molecule has 2 aromatic rings. The number of amides is 2. The topological polar surface area (TPSA) is 125 Å². The quantitative estimate of drug-likeness (QED) is 0.366. The molecule has 2 amide bonds. The summed E-state index contributed by atoms with van der Waals surface area (Å²) in [7, 11) is 0. The summed E-state index contributed by atoms with van der Waals surface area (Å²) in [5.74, 6) is -1.50. The number of fused-ring (bicyclic) bond motifs is 3. The average molecular weight is 483 g/mol. The second kappa shape index (κ2) is 12.4. The van der Waals surface area contributed by atoms with Crippen molar-refractivity contribution in [1.29, 1.82) is 0 Å². The number of carbonyl (C=O) groups excluding carboxylic acids is 2. The Labute approximate surface area is 205 Å². The van der Waals surface area contributed by atoms with Crippen LogP contribution in [0.5, 0.6) is 0 Å². The average Bonchev–Trinajstić information content (AvgIpc) is 3.16. The van der Waals surface area contributed by atoms with Crippen LogP contribution in [0.1, 0.15) is 56.6 Å². The molecule has 3 atom stereocenters. The maximum atomic E-state index is 12.3. The van der Waals surface area contributed by atoms with Gasteiger partial charge in [0, 0.05) is 18.9 Å². The highest BCUT2D eigenvalue weighted by Crippen LogP contribution is 2.44. The number of benzene rings is 2. The summed E-state index contributed by atoms with van der Waals surface area (Å²) in [5.41, 5.74) is 4.67. The third-order valence-electron chi connectivity index (χ3n) is 6.59. The molecule has 3 unspecified atom stereocenters. The molecule has 35 heavy (non-hydrogen) atoms. The first-order valence-electron chi connectivity index (χ1n) is 12.1. The van der Waals surface area contributed by atoms with Crippen LogP contribution in [-0.2, 0) is 14.3 Å². The zero-order chi connectivity index (χ0) is 25.4. The Bertz CT molecular complexity index is 992. The van der Waals surface area contributed by atoms with Gasteiger partial charge in [0.15, 0.2) is 6.04 Å². The van der Waals surface area contributed by atoms with Crippen LogP contribution in [-0.4, -0.2) is 53.5 Å². The van der Waals surface area contributed by atoms with Gasteiger partial charge in [0.25, 0.3) is 0 Å². The van der Waals surface area contributed by atoms with Gasteiger partial charge in [-0.1, -0.05) is 61.9 Å². The van der Waals surface area contributed by atoms with Gasteiger partial charge >= 0.3 is 12.1 Å². The van der Waals surface area contributed by atoms with E-state index >= 15 is 0 Å². The van der Waals surface area contributed by atoms with Crippen LogP contribution in [0, 0.1) is 5.92 Å². The number of ether oxygens (including phenoxy) is 1. The van der Waals surface area contributed by atoms with E-state index in [1.54, 1.807) is 0 Å². The Hall–Kier alpha value is -3.39. The van der Waals surface area contributed by atoms with E-state index in [0.717, 1.165) is 17.5 Å². The van der Waals surface area contributed by atoms with Crippen molar-refractivity contribution in [3.05, 3.63) is 59.7 Å². The van der Waals surface area contributed by atoms with Crippen LogP contribution in [0.4, 0.5) is 4.79 Å². The number of aliphatic carboxylic acids is 1. The van der Waals surface area contributed by atoms with Crippen LogP contribution < -0.4 is 10.6 Å². The van der Waals surface area contributed by atoms with E-state index < -0.39 is 30.1 Å². The lowest BCUT2D eigenvalue weighted by molar-refractivity contribution is -0.144. The van der Waals surface area contributed by atoms with Gasteiger partial charge < -0.3 is 25.6 Å². The minimum Gasteiger partial charge on any atom is -0.480 e. The lowest BCUT2D eigenvalue weighted by Crippen LogP contribution is -2.47. The van der Waals surface area contributed by atoms with E-state index in [2.05, 4.69) is 34.9 Å². The van der Waals surface area contributed by atoms with Crippen molar-refractivity contribution < 1.29 is 29.3 Å². The van der Waals surface area contributed by atoms with E-state index in [1.165, 1.54) is 18.1 Å². The molecule has 8 nitrogen and oxygen atoms in total. The molecule has 0 saturated heterocycles. The second-order valence-electron chi connectivity index (χ2n) is 8.98. The Kier molecular flexibility index (Phi) is 9.25. The van der Waals surface area contributed by atoms with E-state index in [0.29, 0.717) is 19.4 Å². The fourth-order valence-corrected chi connectivity index (χ4v) is 4.55. The fraction of sp³-hybridized carbons (Fsp3) is 0.444. The second-order valence-corrected chi connectivity index (χ2v) is 8.98. The normalized spacial score (nSPS) is 14.8. The number of hydrogen-bond acceptors (Lipinski definition) is 5. The predicted octanol–water partition coefficient (Wildman–Crippen LogP) is 3.67. The van der Waals surface area contributed by atoms with Gasteiger partial charge in [0.05, 0.1) is 6.10 Å². The first-order chi connectivity index (χ1) is 16.8. The smallest absolute Gasteiger partial charge is 0.407 e. The van der Waals surface area contributed by atoms with Gasteiger partial charge in [-0.3, -0.25) is 4.79 Å². The third kappa shape index (κ3) is 6.82. The molecular weight excluding hydrogens is 448 g/mol. The molecule has 0 heterocycles. The van der Waals surface area contributed by atoms with Crippen LogP contribution in [0.25, 0.3) is 11.1 Å². The SMILES string of the molecule is CCC(CCNC(=O)OCC1c2ccccc2-c2ccccc21)CCC(=O)NC(C(=O)O)C(C)O. The number of alkyl carbamates (subject to hydrolysis) is 1. The summed E-state index contributed by atoms with van der Waals surface area (Å²) in [6, 6.07) is 15.0. The molecule has 0 aliphatic heterocycles. The minimum absolute atomic E-state index is 0.00585. The lowest BCUT2D eigenvalue weighted by atomic mass is 9.96. The number of carboxylic acid groups (broad SMARTS) is 1. The Morgan fingerprint density at radius 3 is 2.14 bits per heavy atom. The van der Waals surface area contributed by atoms with Gasteiger partial charge in [-0.05, 0) is 47.9 Å². The summed E-state index contributed by atoms with van der Waals surface area (Å²) in [6.45, 7) is 4.00. The van der Waals surface area contributed by atoms with Crippen molar-refractivity contribution in [2.24, 2.45) is 5.92 Å². The number of aliphatic hydroxyl groups excluding tert-OH is 1. The zero-order valence-corrected chi connectivity index (χ0v) is 20.2. The van der Waals surface area contributed by atoms with E-state index in [1.807, 2.05) is 31.2 Å². The van der Waals surface area contributed by atoms with Crippen molar-refractivity contribution >= 4 is 18.0 Å². The molecule has 3 rings (SSSR count). The van der Waals surface area contributed by atoms with Gasteiger partial charge in [0.1, 0.15) is 6.61 Å². The van der Waals surface area contributed by atoms with Crippen molar-refractivity contribution in [3.8, 4) is 11.1 Å². The summed E-state index contributed by atoms with van der Waals surface area (Å²) in [6.07, 6.45) is 0.548. The molecular formula is C27H34N2O6. The maximum absolute atomic E-state index is 12.3. The first kappa shape index (κ1) is 26.2. The number of carbonyl (C=O) groups is 3. The monoisotopic (exact) mass is 482 g/mol. The molecule has 0 aromatic heterocycles. The maximum Gasteiger partial charge on any atom is 0.407 e. The van der Waals surface area contributed by atoms with Gasteiger partial charge in [-0.25, -0.2) is 9.59 Å². The number of rotatable bonds is 12. The largest absolute Gasteiger partial charge is 0.480 e. The number of carboxylic acids is 1. The Balaban J connectivity index is 1.41. The summed E-state index contributed by atoms with van der Waals surface area (Å²) < 4.78 is 5.55. The zero-order valence-electron chi connectivity index (χ0n) is 20.2. The van der Waals surface area contributed by atoms with Crippen LogP contribution in [0.2, 0.25) is 0 Å². The molecule has 188 valence electrons. The van der Waals surface area contributed by atoms with Crippen molar-refractivity contribution in [3.63, 3.8) is 0 Å². The van der Waals surface area contributed by atoms with Crippen LogP contribution in [0.15, 0.2) is 48.5 Å². The van der Waals surface area contributed by atoms with Gasteiger partial charge in [-0.15, -0.1) is 0 Å². The molecule has 1 aliphatic carbocycles. The highest BCUT2D eigenvalue weighted by molar-refractivity contribution is 5.84. The number of nitrogens with one attached hydrogen (secondary N) is 2. The molecule has 4 N–H and O–H groups in total. The summed E-state index contributed by atoms with van der Waals surface area (Å²) in [4.78, 5) is 35.5. The fourth-order valence-electron chi connectivity index (χ4n) is 4.55. The van der Waals surface area contributed by atoms with Crippen LogP contribution in [0.3, 0.4) is 0 Å². The molecule has 0 spiro atoms. The van der Waals surface area contributed by atoms with Crippen molar-refractivity contribution in [2.75, 3.05) is 13.2 Å². The van der Waals surface area contributed by atoms with Crippen molar-refractivity contribution in [2.45, 2.75) is 57.6 Å². The molecule has 2 aromatic carbocycles. The molecule has 1 aliphatic rings. The van der Waals surface area contributed by atoms with Gasteiger partial charge in [-0.2, -0.15) is 0 Å². The van der Waals surface area contributed by atoms with Gasteiger partial charge in [0.2, 0.25) is 5.91 Å². The molecule has 0 bridgehead atoms. The molecule has 0 fully saturated rings. The molecule has 0 saturated carbocycles. The standard InChI is InChI=1S/C27H34N2O6/c1-3-18(12-13-24(31)29-25(17(2)30)26(32)33)14-15-28-27(34)35-16-23-21-10-6-4-8-19(21)20-9-5-7-11-22(20)23/h4-11,17-18,23,25,30H,3,12-16H2,1-2H3,(H,28,34)(H,29,31)(H,32,33). The summed E-state index contributed by atoms with van der Waals surface area (Å²) >= 11 is 0. The molecule has 0 radical (unpaired) electrons. The highest BCUT2D eigenvalue weighted by atomic mass is 16.5. The first-order valence-corrected chi connectivity index (χ1v) is 12.1. The third-order valence-corrected chi connectivity index (χ3v) is 6.59. The molecule has 8 heteroatoms. The Morgan fingerprint density at radius 1 is 1.00 bits per heavy atom. The summed E-state index contributed by atoms with van der Waals surface area (Å²) in [5, 5.41) is 23.7. The highest BCUT2D eigenvalue weighted by Gasteiger charge is 2.29. The van der Waals surface area contributed by atoms with E-state index in [4.69, 9.17) is 9.84 Å². The Morgan fingerprint density at radius 2 is 1.60 bits per heavy atom. The minimum atomic E-state index is -1.32. The lowest BCUT2D eigenvalue weighted by Gasteiger charge is -2.19. The predicted molar refractivity (Wildman–Crippen MR) is 132 cm³/mol. The van der Waals surface area contributed by atoms with E-state index in [9.17, 15) is 19.5 Å².